The van der Waals surface area contributed by atoms with Crippen LogP contribution in [0.4, 0.5) is 5.69 Å². The Morgan fingerprint density at radius 2 is 1.84 bits per heavy atom. The van der Waals surface area contributed by atoms with E-state index in [4.69, 9.17) is 4.74 Å². The van der Waals surface area contributed by atoms with Crippen LogP contribution >= 0.6 is 0 Å². The normalized spacial score (nSPS) is 17.5. The molecule has 3 N–H and O–H groups in total. The van der Waals surface area contributed by atoms with Crippen LogP contribution in [0.1, 0.15) is 26.3 Å². The number of hydrogen-bond donors (Lipinski definition) is 3. The molecule has 0 saturated carbocycles. The highest BCUT2D eigenvalue weighted by Crippen LogP contribution is 2.21. The lowest BCUT2D eigenvalue weighted by Crippen LogP contribution is -2.39. The number of hydrogen-bond acceptors (Lipinski definition) is 6. The average molecular weight is 448 g/mol. The predicted molar refractivity (Wildman–Crippen MR) is 116 cm³/mol. The van der Waals surface area contributed by atoms with Crippen LogP contribution in [-0.4, -0.2) is 64.4 Å². The molecule has 0 aromatic heterocycles. The fourth-order valence-corrected chi connectivity index (χ4v) is 3.65. The lowest BCUT2D eigenvalue weighted by molar-refractivity contribution is 0.0916. The average Bonchev–Trinajstić information content (AvgIpc) is 2.74. The van der Waals surface area contributed by atoms with Gasteiger partial charge in [0.1, 0.15) is 12.4 Å². The van der Waals surface area contributed by atoms with Gasteiger partial charge in [-0.15, -0.1) is 0 Å². The van der Waals surface area contributed by atoms with Crippen molar-refractivity contribution in [1.29, 1.82) is 0 Å². The number of amides is 2. The van der Waals surface area contributed by atoms with Crippen LogP contribution in [0.5, 0.6) is 5.75 Å². The van der Waals surface area contributed by atoms with Gasteiger partial charge >= 0.3 is 0 Å². The lowest BCUT2D eigenvalue weighted by atomic mass is 10.0. The minimum absolute atomic E-state index is 0.108. The summed E-state index contributed by atoms with van der Waals surface area (Å²) in [4.78, 5) is 25.5. The number of carbonyl (C=O) groups is 2. The number of aliphatic hydroxyl groups is 1. The summed E-state index contributed by atoms with van der Waals surface area (Å²) < 4.78 is 30.6. The van der Waals surface area contributed by atoms with Crippen molar-refractivity contribution >= 4 is 27.5 Å². The van der Waals surface area contributed by atoms with Crippen molar-refractivity contribution in [3.8, 4) is 5.75 Å². The standard InChI is InChI=1S/C21H25N3O6S/c1-24(31(2,28)29)18-11-15-10-16(12-18)21(27)23-17(13-25)8-14-4-3-5-19(9-14)30-7-6-22-20(15)26/h3-5,9-12,17,25H,6-8,13H2,1-2H3,(H,22,26)(H,23,27)/t17-/m1/s1. The Kier molecular flexibility index (Phi) is 6.81. The highest BCUT2D eigenvalue weighted by Gasteiger charge is 2.20. The van der Waals surface area contributed by atoms with Gasteiger partial charge in [-0.05, 0) is 42.3 Å². The van der Waals surface area contributed by atoms with Crippen LogP contribution in [0.25, 0.3) is 0 Å². The molecule has 10 heteroatoms. The molecule has 0 aliphatic carbocycles. The zero-order chi connectivity index (χ0) is 22.6. The van der Waals surface area contributed by atoms with Gasteiger partial charge < -0.3 is 20.5 Å². The third-order valence-electron chi connectivity index (χ3n) is 4.90. The Bertz CT molecular complexity index is 1090. The zero-order valence-electron chi connectivity index (χ0n) is 17.3. The van der Waals surface area contributed by atoms with Crippen LogP contribution < -0.4 is 19.7 Å². The molecule has 0 unspecified atom stereocenters. The molecule has 4 bridgehead atoms. The summed E-state index contributed by atoms with van der Waals surface area (Å²) in [6, 6.07) is 10.9. The molecule has 166 valence electrons. The van der Waals surface area contributed by atoms with Crippen molar-refractivity contribution < 1.29 is 27.9 Å². The first-order valence-corrected chi connectivity index (χ1v) is 11.5. The van der Waals surface area contributed by atoms with Gasteiger partial charge in [0.25, 0.3) is 11.8 Å². The number of nitrogens with one attached hydrogen (secondary N) is 2. The van der Waals surface area contributed by atoms with E-state index < -0.39 is 27.9 Å². The Morgan fingerprint density at radius 1 is 1.13 bits per heavy atom. The second-order valence-corrected chi connectivity index (χ2v) is 9.32. The highest BCUT2D eigenvalue weighted by atomic mass is 32.2. The van der Waals surface area contributed by atoms with Crippen LogP contribution in [-0.2, 0) is 16.4 Å². The van der Waals surface area contributed by atoms with Crippen molar-refractivity contribution in [3.05, 3.63) is 59.2 Å². The first-order chi connectivity index (χ1) is 14.7. The fraction of sp³-hybridized carbons (Fsp3) is 0.333. The third-order valence-corrected chi connectivity index (χ3v) is 6.10. The number of rotatable bonds is 3. The maximum atomic E-state index is 12.9. The number of carbonyl (C=O) groups excluding carboxylic acids is 2. The number of nitrogens with zero attached hydrogens (tertiary/aromatic N) is 1. The van der Waals surface area contributed by atoms with E-state index >= 15 is 0 Å². The van der Waals surface area contributed by atoms with Gasteiger partial charge in [0.2, 0.25) is 10.0 Å². The number of fused-ring (bicyclic) bond motifs is 4. The first-order valence-electron chi connectivity index (χ1n) is 9.68. The molecule has 0 spiro atoms. The van der Waals surface area contributed by atoms with Crippen molar-refractivity contribution in [2.45, 2.75) is 12.5 Å². The van der Waals surface area contributed by atoms with Crippen molar-refractivity contribution in [3.63, 3.8) is 0 Å². The van der Waals surface area contributed by atoms with E-state index in [1.807, 2.05) is 18.2 Å². The molecule has 2 amide bonds. The van der Waals surface area contributed by atoms with Crippen LogP contribution in [0.2, 0.25) is 0 Å². The molecule has 2 aromatic carbocycles. The summed E-state index contributed by atoms with van der Waals surface area (Å²) in [5.74, 6) is -0.384. The maximum absolute atomic E-state index is 12.9. The second-order valence-electron chi connectivity index (χ2n) is 7.31. The van der Waals surface area contributed by atoms with E-state index in [1.54, 1.807) is 6.07 Å². The van der Waals surface area contributed by atoms with E-state index in [0.29, 0.717) is 12.2 Å². The SMILES string of the molecule is CN(c1cc2cc(c1)C(=O)N[C@@H](CO)Cc1cccc(c1)OCCNC2=O)S(C)(=O)=O. The summed E-state index contributed by atoms with van der Waals surface area (Å²) in [5, 5.41) is 15.2. The summed E-state index contributed by atoms with van der Waals surface area (Å²) in [6.45, 7) is 0.148. The van der Waals surface area contributed by atoms with Gasteiger partial charge in [-0.3, -0.25) is 13.9 Å². The monoisotopic (exact) mass is 447 g/mol. The lowest BCUT2D eigenvalue weighted by Gasteiger charge is -2.20. The Balaban J connectivity index is 2.01. The number of benzene rings is 2. The van der Waals surface area contributed by atoms with Crippen molar-refractivity contribution in [2.75, 3.05) is 37.4 Å². The molecule has 1 heterocycles. The minimum atomic E-state index is -3.61. The summed E-state index contributed by atoms with van der Waals surface area (Å²) in [7, 11) is -2.27. The fourth-order valence-electron chi connectivity index (χ4n) is 3.16. The molecular formula is C21H25N3O6S. The summed E-state index contributed by atoms with van der Waals surface area (Å²) in [5.41, 5.74) is 1.28. The predicted octanol–water partition coefficient (Wildman–Crippen LogP) is 0.538. The van der Waals surface area contributed by atoms with E-state index in [-0.39, 0.29) is 36.6 Å². The molecule has 1 aliphatic heterocycles. The number of sulfonamides is 1. The van der Waals surface area contributed by atoms with E-state index in [9.17, 15) is 23.1 Å². The Morgan fingerprint density at radius 3 is 2.52 bits per heavy atom. The minimum Gasteiger partial charge on any atom is -0.492 e. The highest BCUT2D eigenvalue weighted by molar-refractivity contribution is 7.92. The molecule has 9 nitrogen and oxygen atoms in total. The van der Waals surface area contributed by atoms with E-state index in [0.717, 1.165) is 16.1 Å². The van der Waals surface area contributed by atoms with Crippen molar-refractivity contribution in [2.24, 2.45) is 0 Å². The smallest absolute Gasteiger partial charge is 0.251 e. The molecule has 2 aromatic rings. The molecule has 0 radical (unpaired) electrons. The van der Waals surface area contributed by atoms with Crippen LogP contribution in [0, 0.1) is 0 Å². The van der Waals surface area contributed by atoms with Gasteiger partial charge in [-0.25, -0.2) is 8.42 Å². The summed E-state index contributed by atoms with van der Waals surface area (Å²) >= 11 is 0. The molecule has 1 aliphatic rings. The van der Waals surface area contributed by atoms with E-state index in [1.165, 1.54) is 25.2 Å². The Hall–Kier alpha value is -3.11. The maximum Gasteiger partial charge on any atom is 0.251 e. The quantitative estimate of drug-likeness (QED) is 0.631. The Labute approximate surface area is 181 Å². The topological polar surface area (TPSA) is 125 Å². The largest absolute Gasteiger partial charge is 0.492 e. The zero-order valence-corrected chi connectivity index (χ0v) is 18.1. The van der Waals surface area contributed by atoms with Crippen LogP contribution in [0.3, 0.4) is 0 Å². The van der Waals surface area contributed by atoms with Gasteiger partial charge in [-0.2, -0.15) is 0 Å². The molecule has 0 fully saturated rings. The second kappa shape index (κ2) is 9.36. The van der Waals surface area contributed by atoms with Gasteiger partial charge in [0, 0.05) is 18.2 Å². The number of anilines is 1. The van der Waals surface area contributed by atoms with Gasteiger partial charge in [-0.1, -0.05) is 12.1 Å². The molecule has 31 heavy (non-hydrogen) atoms. The van der Waals surface area contributed by atoms with E-state index in [2.05, 4.69) is 10.6 Å². The first kappa shape index (κ1) is 22.6. The van der Waals surface area contributed by atoms with Gasteiger partial charge in [0.05, 0.1) is 31.1 Å². The van der Waals surface area contributed by atoms with Crippen molar-refractivity contribution in [1.82, 2.24) is 10.6 Å². The van der Waals surface area contributed by atoms with Crippen LogP contribution in [0.15, 0.2) is 42.5 Å². The molecular weight excluding hydrogens is 422 g/mol. The molecule has 1 atom stereocenters. The molecule has 3 rings (SSSR count). The third kappa shape index (κ3) is 5.74. The summed E-state index contributed by atoms with van der Waals surface area (Å²) in [6.07, 6.45) is 1.40. The molecule has 0 saturated heterocycles. The van der Waals surface area contributed by atoms with Gasteiger partial charge in [0.15, 0.2) is 0 Å². The number of ether oxygens (including phenoxy) is 1. The number of aliphatic hydroxyl groups excluding tert-OH is 1.